The highest BCUT2D eigenvalue weighted by Crippen LogP contribution is 2.41. The highest BCUT2D eigenvalue weighted by Gasteiger charge is 2.28. The second kappa shape index (κ2) is 32.5. The van der Waals surface area contributed by atoms with Gasteiger partial charge in [-0.15, -0.1) is 45.3 Å². The van der Waals surface area contributed by atoms with Gasteiger partial charge in [0.05, 0.1) is 59.2 Å². The number of carbonyl (C=O) groups excluding carboxylic acids is 3. The molecule has 25 nitrogen and oxygen atoms in total. The first-order valence-electron chi connectivity index (χ1n) is 33.6. The first-order chi connectivity index (χ1) is 50.3. The lowest BCUT2D eigenvalue weighted by atomic mass is 10.1. The molecule has 0 aliphatic carbocycles. The predicted molar refractivity (Wildman–Crippen MR) is 399 cm³/mol. The fourth-order valence-electron chi connectivity index (χ4n) is 12.8. The Balaban J connectivity index is 0.000000139. The summed E-state index contributed by atoms with van der Waals surface area (Å²) in [5, 5.41) is 21.6. The number of carbonyl (C=O) groups is 3. The predicted octanol–water partition coefficient (Wildman–Crippen LogP) is 13.3. The van der Waals surface area contributed by atoms with Crippen molar-refractivity contribution in [1.82, 2.24) is 64.8 Å². The van der Waals surface area contributed by atoms with E-state index >= 15 is 0 Å². The van der Waals surface area contributed by atoms with Crippen LogP contribution in [0.25, 0.3) is 30.6 Å². The maximum absolute atomic E-state index is 14.2. The van der Waals surface area contributed by atoms with Gasteiger partial charge in [-0.05, 0) is 138 Å². The molecule has 0 spiro atoms. The van der Waals surface area contributed by atoms with E-state index in [2.05, 4.69) is 80.7 Å². The fraction of sp³-hybridized carbons (Fsp3) is 0.306. The summed E-state index contributed by atoms with van der Waals surface area (Å²) in [6.45, 7) is 14.6. The number of anilines is 7. The molecule has 0 atom stereocenters. The van der Waals surface area contributed by atoms with E-state index in [1.165, 1.54) is 101 Å². The smallest absolute Gasteiger partial charge is 0.259 e. The van der Waals surface area contributed by atoms with E-state index in [1.807, 2.05) is 56.6 Å². The number of aromatic amines is 1. The minimum Gasteiger partial charge on any atom is -0.488 e. The number of fused-ring (bicyclic) bond motifs is 3. The molecule has 3 aliphatic rings. The number of aromatic nitrogens is 10. The minimum atomic E-state index is -0.508. The third-order valence-corrected chi connectivity index (χ3v) is 22.5. The molecular formula is C72H74F3N19O6S4. The van der Waals surface area contributed by atoms with E-state index in [1.54, 1.807) is 31.3 Å². The zero-order chi connectivity index (χ0) is 72.5. The quantitative estimate of drug-likeness (QED) is 0.0329. The largest absolute Gasteiger partial charge is 0.488 e. The maximum atomic E-state index is 14.2. The zero-order valence-corrected chi connectivity index (χ0v) is 60.4. The van der Waals surface area contributed by atoms with Gasteiger partial charge < -0.3 is 47.4 Å². The van der Waals surface area contributed by atoms with Crippen molar-refractivity contribution in [2.45, 2.75) is 104 Å². The molecule has 15 rings (SSSR count). The molecule has 3 aliphatic heterocycles. The third kappa shape index (κ3) is 17.3. The number of halogens is 3. The number of aryl methyl sites for hydroxylation is 3. The van der Waals surface area contributed by atoms with Crippen LogP contribution in [0.2, 0.25) is 0 Å². The number of nitrogen functional groups attached to an aromatic ring is 1. The number of ether oxygens (including phenoxy) is 3. The number of primary amides is 2. The van der Waals surface area contributed by atoms with Crippen molar-refractivity contribution in [3.8, 4) is 17.2 Å². The van der Waals surface area contributed by atoms with Crippen LogP contribution in [0.3, 0.4) is 0 Å². The van der Waals surface area contributed by atoms with Gasteiger partial charge in [-0.25, -0.2) is 48.1 Å². The minimum absolute atomic E-state index is 0.00311. The summed E-state index contributed by atoms with van der Waals surface area (Å²) < 4.78 is 61.2. The van der Waals surface area contributed by atoms with Crippen molar-refractivity contribution in [1.29, 1.82) is 0 Å². The van der Waals surface area contributed by atoms with E-state index in [-0.39, 0.29) is 41.5 Å². The highest BCUT2D eigenvalue weighted by molar-refractivity contribution is 7.21. The number of nitrogens with one attached hydrogen (secondary N) is 4. The standard InChI is InChI=1S/C26H26FN5O2S.C23H24FN7O2S2.C23H24FN7O2S/c1-16-23-25(29-15-30-26(23)35-24(16)17(2)33)31-21-7-6-18(27)13-22(21)34-20-8-11-32(12-9-20)14-19-5-3-4-10-28-19;1-12-18-21(27-11-28-22(18)35-19(12)20(25)32)30-16-3-2-13(24)8-17(16)33-15-4-6-31(7-5-15)9-14-10-34-23(26)29-14;1-13-19-22(26-12-27-23(19)34-20(13)21(25)32)29-17-3-2-14(24)10-18(17)33-16-5-8-31(9-6-16)11-15-4-7-28-30-15/h3-7,10,13,15,20H,8-9,11-12,14H2,1-2H3,(H,29,30,31);2-3,8,10-11,15H,4-7,9H2,1H3,(H2,25,32)(H2,26,29)(H,27,28,30);2-4,7,10,12,16H,5-6,8-9,11H2,1H3,(H2,25,32)(H,28,30)(H,26,27,29). The number of benzene rings is 3. The summed E-state index contributed by atoms with van der Waals surface area (Å²) >= 11 is 5.24. The van der Waals surface area contributed by atoms with Crippen LogP contribution in [0.1, 0.15) is 108 Å². The molecular weight excluding hydrogens is 1410 g/mol. The lowest BCUT2D eigenvalue weighted by Crippen LogP contribution is -2.38. The van der Waals surface area contributed by atoms with Gasteiger partial charge in [-0.2, -0.15) is 5.10 Å². The highest BCUT2D eigenvalue weighted by atomic mass is 32.1. The van der Waals surface area contributed by atoms with Crippen molar-refractivity contribution in [3.05, 3.63) is 181 Å². The lowest BCUT2D eigenvalue weighted by Gasteiger charge is -2.32. The number of amides is 2. The number of ketones is 1. The van der Waals surface area contributed by atoms with Crippen molar-refractivity contribution >= 4 is 133 Å². The number of piperidine rings is 3. The number of thiophene rings is 3. The molecule has 0 bridgehead atoms. The maximum Gasteiger partial charge on any atom is 0.259 e. The fourth-order valence-corrected chi connectivity index (χ4v) is 16.4. The number of rotatable bonds is 21. The monoisotopic (exact) mass is 1490 g/mol. The Morgan fingerprint density at radius 2 is 0.923 bits per heavy atom. The molecule has 10 N–H and O–H groups in total. The van der Waals surface area contributed by atoms with E-state index in [9.17, 15) is 27.6 Å². The Bertz CT molecular complexity index is 5040. The molecule has 538 valence electrons. The van der Waals surface area contributed by atoms with Gasteiger partial charge in [0.1, 0.15) is 104 Å². The molecule has 0 radical (unpaired) electrons. The molecule has 2 amide bonds. The average molecular weight is 1490 g/mol. The first-order valence-corrected chi connectivity index (χ1v) is 36.9. The summed E-state index contributed by atoms with van der Waals surface area (Å²) in [4.78, 5) is 80.9. The number of thiazole rings is 1. The van der Waals surface area contributed by atoms with Crippen molar-refractivity contribution < 1.29 is 41.8 Å². The Labute approximate surface area is 611 Å². The second-order valence-electron chi connectivity index (χ2n) is 25.3. The van der Waals surface area contributed by atoms with Crippen LogP contribution in [0.5, 0.6) is 17.2 Å². The topological polar surface area (TPSA) is 335 Å². The number of H-pyrrole nitrogens is 1. The second-order valence-corrected chi connectivity index (χ2v) is 29.2. The van der Waals surface area contributed by atoms with Crippen LogP contribution in [0.4, 0.5) is 52.8 Å². The Kier molecular flexibility index (Phi) is 22.5. The molecule has 0 unspecified atom stereocenters. The lowest BCUT2D eigenvalue weighted by molar-refractivity contribution is 0.0963. The van der Waals surface area contributed by atoms with Gasteiger partial charge in [0.25, 0.3) is 11.8 Å². The Morgan fingerprint density at radius 3 is 1.29 bits per heavy atom. The number of hydrogen-bond donors (Lipinski definition) is 7. The SMILES string of the molecule is CC(=O)c1sc2ncnc(Nc3ccc(F)cc3OC3CCN(Cc4ccccn4)CC3)c2c1C.Cc1c(C(N)=O)sc2ncnc(Nc3ccc(F)cc3OC3CCN(Cc4ccn[nH]4)CC3)c12.Cc1c(C(N)=O)sc2ncnc(Nc3ccc(F)cc3OC3CCN(Cc4csc(N)n4)CC3)c12. The van der Waals surface area contributed by atoms with Gasteiger partial charge in [-0.3, -0.25) is 39.2 Å². The van der Waals surface area contributed by atoms with Crippen LogP contribution < -0.4 is 47.4 Å². The summed E-state index contributed by atoms with van der Waals surface area (Å²) in [6.07, 6.45) is 12.7. The number of nitrogens with zero attached hydrogens (tertiary/aromatic N) is 12. The average Bonchev–Trinajstić information content (AvgIpc) is 1.55. The normalized spacial score (nSPS) is 14.9. The molecule has 3 saturated heterocycles. The van der Waals surface area contributed by atoms with E-state index < -0.39 is 11.8 Å². The Morgan fingerprint density at radius 1 is 0.519 bits per heavy atom. The number of nitrogens with two attached hydrogens (primary N) is 3. The third-order valence-electron chi connectivity index (χ3n) is 18.0. The van der Waals surface area contributed by atoms with Crippen LogP contribution in [0.15, 0.2) is 116 Å². The van der Waals surface area contributed by atoms with Crippen LogP contribution in [-0.2, 0) is 19.6 Å². The molecule has 32 heteroatoms. The summed E-state index contributed by atoms with van der Waals surface area (Å²) in [5.41, 5.74) is 23.9. The molecule has 104 heavy (non-hydrogen) atoms. The van der Waals surface area contributed by atoms with Crippen LogP contribution in [-0.4, -0.2) is 140 Å². The van der Waals surface area contributed by atoms with Crippen LogP contribution in [0, 0.1) is 38.2 Å². The van der Waals surface area contributed by atoms with Gasteiger partial charge in [-0.1, -0.05) is 6.07 Å². The number of Topliss-reactive ketones (excluding diaryl/α,β-unsaturated/α-hetero) is 1. The summed E-state index contributed by atoms with van der Waals surface area (Å²) in [7, 11) is 0. The van der Waals surface area contributed by atoms with Crippen molar-refractivity contribution in [2.24, 2.45) is 11.5 Å². The van der Waals surface area contributed by atoms with Gasteiger partial charge in [0.2, 0.25) is 0 Å². The van der Waals surface area contributed by atoms with Gasteiger partial charge >= 0.3 is 0 Å². The van der Waals surface area contributed by atoms with Crippen molar-refractivity contribution in [3.63, 3.8) is 0 Å². The van der Waals surface area contributed by atoms with Gasteiger partial charge in [0, 0.05) is 101 Å². The zero-order valence-electron chi connectivity index (χ0n) is 57.1. The number of likely N-dealkylation sites (tertiary alicyclic amines) is 3. The van der Waals surface area contributed by atoms with Crippen molar-refractivity contribution in [2.75, 3.05) is 61.0 Å². The molecule has 12 heterocycles. The molecule has 3 fully saturated rings. The van der Waals surface area contributed by atoms with Gasteiger partial charge in [0.15, 0.2) is 10.9 Å². The number of pyridine rings is 1. The first kappa shape index (κ1) is 72.0. The van der Waals surface area contributed by atoms with E-state index in [0.29, 0.717) is 103 Å². The van der Waals surface area contributed by atoms with E-state index in [4.69, 9.17) is 31.4 Å². The molecule has 0 saturated carbocycles. The molecule has 3 aromatic carbocycles. The molecule has 12 aromatic rings. The molecule has 9 aromatic heterocycles. The summed E-state index contributed by atoms with van der Waals surface area (Å²) in [6, 6.07) is 21.1. The number of hydrogen-bond acceptors (Lipinski definition) is 26. The Hall–Kier alpha value is -10.4. The summed E-state index contributed by atoms with van der Waals surface area (Å²) in [5.74, 6) is 0.704. The van der Waals surface area contributed by atoms with Crippen LogP contribution >= 0.6 is 45.3 Å². The van der Waals surface area contributed by atoms with E-state index in [0.717, 1.165) is 130 Å².